The van der Waals surface area contributed by atoms with Gasteiger partial charge in [0.05, 0.1) is 64.7 Å². The molecule has 5 rings (SSSR count). The molecule has 4 unspecified atom stereocenters. The van der Waals surface area contributed by atoms with Crippen molar-refractivity contribution in [2.75, 3.05) is 21.3 Å². The van der Waals surface area contributed by atoms with Crippen LogP contribution in [0.15, 0.2) is 118 Å². The molecule has 14 nitrogen and oxygen atoms in total. The van der Waals surface area contributed by atoms with Crippen molar-refractivity contribution in [1.82, 2.24) is 0 Å². The second-order valence-corrected chi connectivity index (χ2v) is 16.7. The molecule has 0 bridgehead atoms. The fraction of sp³-hybridized carbons (Fsp3) is 0.182. The zero-order valence-corrected chi connectivity index (χ0v) is 38.6. The van der Waals surface area contributed by atoms with Crippen molar-refractivity contribution in [1.29, 1.82) is 0 Å². The topological polar surface area (TPSA) is 200 Å². The van der Waals surface area contributed by atoms with E-state index in [1.165, 1.54) is 48.5 Å². The number of carbonyl (C=O) groups is 6. The molecule has 0 spiro atoms. The number of halogens is 6. The Morgan fingerprint density at radius 2 is 0.844 bits per heavy atom. The van der Waals surface area contributed by atoms with E-state index >= 15 is 0 Å². The summed E-state index contributed by atoms with van der Waals surface area (Å²) >= 11 is 38.2. The summed E-state index contributed by atoms with van der Waals surface area (Å²) in [5, 5.41) is 25.4. The minimum absolute atomic E-state index is 0.0443. The minimum atomic E-state index is -1.66. The van der Waals surface area contributed by atoms with E-state index in [2.05, 4.69) is 41.7 Å². The lowest BCUT2D eigenvalue weighted by Gasteiger charge is -2.15. The van der Waals surface area contributed by atoms with Gasteiger partial charge in [0.25, 0.3) is 23.6 Å². The van der Waals surface area contributed by atoms with Gasteiger partial charge in [0.1, 0.15) is 0 Å². The van der Waals surface area contributed by atoms with Gasteiger partial charge in [-0.3, -0.25) is 28.8 Å². The number of rotatable bonds is 16. The zero-order valence-electron chi connectivity index (χ0n) is 34.1. The predicted molar refractivity (Wildman–Crippen MR) is 252 cm³/mol. The molecule has 4 N–H and O–H groups in total. The van der Waals surface area contributed by atoms with Crippen molar-refractivity contribution in [3.63, 3.8) is 0 Å². The van der Waals surface area contributed by atoms with Gasteiger partial charge in [-0.2, -0.15) is 20.5 Å². The average molecular weight is 986 g/mol. The molecule has 4 atom stereocenters. The van der Waals surface area contributed by atoms with E-state index in [-0.39, 0.29) is 54.0 Å². The van der Waals surface area contributed by atoms with Crippen LogP contribution >= 0.6 is 69.6 Å². The third-order valence-corrected chi connectivity index (χ3v) is 11.1. The molecular formula is C44H36Cl6N8O6. The number of amides is 4. The van der Waals surface area contributed by atoms with Gasteiger partial charge in [0.15, 0.2) is 11.6 Å². The number of azo groups is 2. The Bertz CT molecular complexity index is 2530. The van der Waals surface area contributed by atoms with Gasteiger partial charge in [-0.1, -0.05) is 82.8 Å². The average Bonchev–Trinajstić information content (AvgIpc) is 3.24. The Morgan fingerprint density at radius 1 is 0.484 bits per heavy atom. The van der Waals surface area contributed by atoms with Crippen LogP contribution in [-0.2, 0) is 19.2 Å². The maximum Gasteiger partial charge on any atom is 0.258 e. The highest BCUT2D eigenvalue weighted by atomic mass is 35.5. The molecule has 0 aliphatic heterocycles. The highest BCUT2D eigenvalue weighted by Gasteiger charge is 2.27. The van der Waals surface area contributed by atoms with E-state index in [1.54, 1.807) is 62.4 Å². The Balaban J connectivity index is 1.26. The van der Waals surface area contributed by atoms with Crippen LogP contribution in [0.4, 0.5) is 34.1 Å². The quantitative estimate of drug-likeness (QED) is 0.0430. The van der Waals surface area contributed by atoms with Gasteiger partial charge in [-0.05, 0) is 99.5 Å². The van der Waals surface area contributed by atoms with Crippen molar-refractivity contribution in [3.8, 4) is 0 Å². The number of alkyl halides is 2. The second-order valence-electron chi connectivity index (χ2n) is 13.9. The summed E-state index contributed by atoms with van der Waals surface area (Å²) in [5.74, 6) is -4.35. The Morgan fingerprint density at radius 3 is 1.19 bits per heavy atom. The van der Waals surface area contributed by atoms with Crippen molar-refractivity contribution < 1.29 is 28.8 Å². The summed E-state index contributed by atoms with van der Waals surface area (Å²) in [6.45, 7) is 5.78. The first-order valence-corrected chi connectivity index (χ1v) is 21.3. The molecule has 0 saturated carbocycles. The van der Waals surface area contributed by atoms with Gasteiger partial charge in [0.2, 0.25) is 12.1 Å². The number of nitrogens with zero attached hydrogens (tertiary/aromatic N) is 4. The van der Waals surface area contributed by atoms with Gasteiger partial charge < -0.3 is 21.3 Å². The van der Waals surface area contributed by atoms with Crippen molar-refractivity contribution in [2.24, 2.45) is 20.5 Å². The van der Waals surface area contributed by atoms with E-state index < -0.39 is 58.0 Å². The lowest BCUT2D eigenvalue weighted by Crippen LogP contribution is -2.32. The monoisotopic (exact) mass is 982 g/mol. The van der Waals surface area contributed by atoms with Crippen LogP contribution in [0.3, 0.4) is 0 Å². The number of Topliss-reactive ketones (excluding diaryl/α,β-unsaturated/α-hetero) is 2. The fourth-order valence-electron chi connectivity index (χ4n) is 5.82. The molecule has 20 heteroatoms. The summed E-state index contributed by atoms with van der Waals surface area (Å²) in [5.41, 5.74) is 2.54. The van der Waals surface area contributed by atoms with Crippen LogP contribution in [0.5, 0.6) is 0 Å². The van der Waals surface area contributed by atoms with Gasteiger partial charge in [-0.15, -0.1) is 23.2 Å². The molecule has 0 aliphatic rings. The minimum Gasteiger partial charge on any atom is -0.322 e. The number of carbonyl (C=O) groups excluding carboxylic acids is 6. The van der Waals surface area contributed by atoms with Gasteiger partial charge >= 0.3 is 0 Å². The molecule has 5 aromatic carbocycles. The largest absolute Gasteiger partial charge is 0.322 e. The number of ketones is 2. The molecule has 0 heterocycles. The zero-order chi connectivity index (χ0) is 46.8. The highest BCUT2D eigenvalue weighted by Crippen LogP contribution is 2.37. The van der Waals surface area contributed by atoms with Crippen LogP contribution in [0, 0.1) is 0 Å². The predicted octanol–water partition coefficient (Wildman–Crippen LogP) is 12.8. The molecule has 4 amide bonds. The summed E-state index contributed by atoms with van der Waals surface area (Å²) in [6.07, 6.45) is 0. The van der Waals surface area contributed by atoms with E-state index in [0.717, 1.165) is 13.8 Å². The smallest absolute Gasteiger partial charge is 0.258 e. The molecule has 0 fully saturated rings. The molecule has 64 heavy (non-hydrogen) atoms. The maximum atomic E-state index is 13.3. The van der Waals surface area contributed by atoms with Crippen LogP contribution in [-0.4, -0.2) is 47.3 Å². The summed E-state index contributed by atoms with van der Waals surface area (Å²) in [7, 11) is 0. The van der Waals surface area contributed by atoms with E-state index in [9.17, 15) is 28.8 Å². The number of hydrogen-bond donors (Lipinski definition) is 4. The Labute approximate surface area is 397 Å². The lowest BCUT2D eigenvalue weighted by molar-refractivity contribution is -0.127. The number of nitrogens with one attached hydrogen (secondary N) is 4. The van der Waals surface area contributed by atoms with Crippen molar-refractivity contribution in [2.45, 2.75) is 50.5 Å². The maximum absolute atomic E-state index is 13.3. The Kier molecular flexibility index (Phi) is 17.1. The van der Waals surface area contributed by atoms with Crippen LogP contribution in [0.1, 0.15) is 70.3 Å². The van der Waals surface area contributed by atoms with Crippen molar-refractivity contribution >= 4 is 139 Å². The van der Waals surface area contributed by atoms with Crippen LogP contribution in [0.25, 0.3) is 0 Å². The van der Waals surface area contributed by atoms with Crippen LogP contribution in [0.2, 0.25) is 20.1 Å². The second kappa shape index (κ2) is 22.2. The molecule has 0 aromatic heterocycles. The van der Waals surface area contributed by atoms with Crippen LogP contribution < -0.4 is 21.3 Å². The lowest BCUT2D eigenvalue weighted by atomic mass is 10.1. The molecule has 330 valence electrons. The number of anilines is 4. The Hall–Kier alpha value is -5.74. The highest BCUT2D eigenvalue weighted by molar-refractivity contribution is 6.46. The standard InChI is InChI=1S/C44H36Cl6N8O6/c1-21(45)27-9-5-7-11-33(27)51-41(61)29-19-25(13-15-31(29)47)55-57-39(23(3)59)43(63)53-35-17-18-36(38(50)37(35)49)54-44(64)40(24(4)60)58-56-26-14-16-32(48)30(20-26)42(62)52-34-12-8-6-10-28(34)22(2)46/h5-22,39-40H,1-4H3,(H,51,61)(H,52,62)(H,53,63)(H,54,64). The van der Waals surface area contributed by atoms with E-state index in [4.69, 9.17) is 69.6 Å². The first-order valence-electron chi connectivity index (χ1n) is 19.0. The first-order chi connectivity index (χ1) is 30.4. The molecule has 0 aliphatic carbocycles. The van der Waals surface area contributed by atoms with Gasteiger partial charge in [0, 0.05) is 11.4 Å². The SMILES string of the molecule is CC(=O)C(N=Nc1ccc(Cl)c(C(=O)Nc2ccccc2C(C)Cl)c1)C(=O)Nc1ccc(NC(=O)C(N=Nc2ccc(Cl)c(C(=O)Nc3ccccc3C(C)Cl)c2)C(C)=O)c(Cl)c1Cl. The summed E-state index contributed by atoms with van der Waals surface area (Å²) in [4.78, 5) is 78.2. The van der Waals surface area contributed by atoms with Gasteiger partial charge in [-0.25, -0.2) is 0 Å². The van der Waals surface area contributed by atoms with E-state index in [0.29, 0.717) is 22.5 Å². The van der Waals surface area contributed by atoms with E-state index in [1.807, 2.05) is 0 Å². The number of hydrogen-bond acceptors (Lipinski definition) is 10. The normalized spacial score (nSPS) is 13.2. The molecule has 0 radical (unpaired) electrons. The summed E-state index contributed by atoms with van der Waals surface area (Å²) in [6, 6.07) is 21.6. The van der Waals surface area contributed by atoms with Crippen molar-refractivity contribution in [3.05, 3.63) is 139 Å². The molecule has 5 aromatic rings. The third-order valence-electron chi connectivity index (χ3n) is 9.11. The molecule has 0 saturated heterocycles. The third kappa shape index (κ3) is 12.5. The number of benzene rings is 5. The molecular weight excluding hydrogens is 949 g/mol. The first kappa shape index (κ1) is 49.3. The fourth-order valence-corrected chi connectivity index (χ4v) is 7.04. The summed E-state index contributed by atoms with van der Waals surface area (Å²) < 4.78 is 0. The number of para-hydroxylation sites is 2.